The van der Waals surface area contributed by atoms with Gasteiger partial charge in [-0.05, 0) is 42.5 Å². The molecule has 0 unspecified atom stereocenters. The van der Waals surface area contributed by atoms with Crippen molar-refractivity contribution in [2.24, 2.45) is 0 Å². The predicted octanol–water partition coefficient (Wildman–Crippen LogP) is 4.82. The second-order valence-corrected chi connectivity index (χ2v) is 5.78. The molecule has 2 aromatic rings. The van der Waals surface area contributed by atoms with Gasteiger partial charge in [-0.2, -0.15) is 0 Å². The maximum absolute atomic E-state index is 12.3. The maximum atomic E-state index is 12.3. The molecule has 2 aromatic carbocycles. The van der Waals surface area contributed by atoms with E-state index in [1.165, 1.54) is 7.11 Å². The highest BCUT2D eigenvalue weighted by Crippen LogP contribution is 2.31. The third kappa shape index (κ3) is 4.38. The van der Waals surface area contributed by atoms with Crippen LogP contribution >= 0.6 is 0 Å². The number of benzene rings is 2. The van der Waals surface area contributed by atoms with E-state index in [1.54, 1.807) is 6.08 Å². The second kappa shape index (κ2) is 8.88. The van der Waals surface area contributed by atoms with Gasteiger partial charge in [0.2, 0.25) is 0 Å². The summed E-state index contributed by atoms with van der Waals surface area (Å²) in [6, 6.07) is 11.9. The van der Waals surface area contributed by atoms with Crippen molar-refractivity contribution in [3.05, 3.63) is 89.5 Å². The van der Waals surface area contributed by atoms with Crippen molar-refractivity contribution in [1.82, 2.24) is 0 Å². The zero-order valence-electron chi connectivity index (χ0n) is 14.9. The van der Waals surface area contributed by atoms with E-state index < -0.39 is 0 Å². The molecule has 0 fully saturated rings. The number of carbonyl (C=O) groups excluding carboxylic acids is 1. The molecular formula is C22H24O3. The smallest absolute Gasteiger partial charge is 0.338 e. The zero-order valence-corrected chi connectivity index (χ0v) is 14.9. The SMILES string of the molecule is C=CCc1c(OCc2ccccc2)cc(C)c(C(=O)OC)c1CC=C. The summed E-state index contributed by atoms with van der Waals surface area (Å²) in [6.45, 7) is 10.0. The molecule has 0 aliphatic carbocycles. The lowest BCUT2D eigenvalue weighted by molar-refractivity contribution is 0.0598. The molecule has 0 bridgehead atoms. The molecule has 2 rings (SSSR count). The molecule has 0 N–H and O–H groups in total. The van der Waals surface area contributed by atoms with Crippen LogP contribution in [0, 0.1) is 6.92 Å². The molecule has 3 nitrogen and oxygen atoms in total. The number of allylic oxidation sites excluding steroid dienone is 2. The molecule has 0 radical (unpaired) electrons. The molecule has 0 aliphatic heterocycles. The summed E-state index contributed by atoms with van der Waals surface area (Å²) < 4.78 is 11.0. The normalized spacial score (nSPS) is 10.2. The summed E-state index contributed by atoms with van der Waals surface area (Å²) in [7, 11) is 1.40. The van der Waals surface area contributed by atoms with Crippen LogP contribution in [0.15, 0.2) is 61.7 Å². The quantitative estimate of drug-likeness (QED) is 0.512. The number of ether oxygens (including phenoxy) is 2. The third-order valence-electron chi connectivity index (χ3n) is 4.03. The minimum atomic E-state index is -0.339. The predicted molar refractivity (Wildman–Crippen MR) is 101 cm³/mol. The summed E-state index contributed by atoms with van der Waals surface area (Å²) in [5, 5.41) is 0. The molecule has 0 saturated carbocycles. The molecule has 0 amide bonds. The average molecular weight is 336 g/mol. The third-order valence-corrected chi connectivity index (χ3v) is 4.03. The fourth-order valence-corrected chi connectivity index (χ4v) is 2.88. The summed E-state index contributed by atoms with van der Waals surface area (Å²) in [4.78, 5) is 12.3. The Morgan fingerprint density at radius 3 is 2.32 bits per heavy atom. The van der Waals surface area contributed by atoms with Gasteiger partial charge in [0.1, 0.15) is 12.4 Å². The minimum absolute atomic E-state index is 0.339. The first kappa shape index (κ1) is 18.5. The van der Waals surface area contributed by atoms with E-state index in [0.717, 1.165) is 28.0 Å². The molecule has 0 heterocycles. The van der Waals surface area contributed by atoms with Gasteiger partial charge in [-0.3, -0.25) is 0 Å². The lowest BCUT2D eigenvalue weighted by Gasteiger charge is -2.19. The second-order valence-electron chi connectivity index (χ2n) is 5.78. The zero-order chi connectivity index (χ0) is 18.2. The number of rotatable bonds is 8. The van der Waals surface area contributed by atoms with E-state index in [9.17, 15) is 4.79 Å². The van der Waals surface area contributed by atoms with Gasteiger partial charge in [0, 0.05) is 5.56 Å². The highest BCUT2D eigenvalue weighted by Gasteiger charge is 2.21. The monoisotopic (exact) mass is 336 g/mol. The number of esters is 1. The summed E-state index contributed by atoms with van der Waals surface area (Å²) in [5.41, 5.74) is 4.36. The van der Waals surface area contributed by atoms with Crippen LogP contribution in [0.4, 0.5) is 0 Å². The van der Waals surface area contributed by atoms with Crippen molar-refractivity contribution in [3.8, 4) is 5.75 Å². The van der Waals surface area contributed by atoms with E-state index in [0.29, 0.717) is 25.0 Å². The van der Waals surface area contributed by atoms with Gasteiger partial charge in [0.05, 0.1) is 12.7 Å². The van der Waals surface area contributed by atoms with E-state index >= 15 is 0 Å². The van der Waals surface area contributed by atoms with Gasteiger partial charge in [-0.15, -0.1) is 13.2 Å². The lowest BCUT2D eigenvalue weighted by atomic mass is 9.91. The van der Waals surface area contributed by atoms with E-state index in [1.807, 2.05) is 49.4 Å². The van der Waals surface area contributed by atoms with Gasteiger partial charge < -0.3 is 9.47 Å². The van der Waals surface area contributed by atoms with Crippen LogP contribution in [-0.2, 0) is 24.2 Å². The van der Waals surface area contributed by atoms with E-state index in [-0.39, 0.29) is 5.97 Å². The molecule has 25 heavy (non-hydrogen) atoms. The first-order chi connectivity index (χ1) is 12.1. The van der Waals surface area contributed by atoms with Crippen LogP contribution in [0.1, 0.15) is 32.6 Å². The minimum Gasteiger partial charge on any atom is -0.489 e. The lowest BCUT2D eigenvalue weighted by Crippen LogP contribution is -2.12. The topological polar surface area (TPSA) is 35.5 Å². The molecule has 0 aliphatic rings. The first-order valence-electron chi connectivity index (χ1n) is 8.24. The highest BCUT2D eigenvalue weighted by molar-refractivity contribution is 5.93. The molecule has 0 saturated heterocycles. The number of methoxy groups -OCH3 is 1. The van der Waals surface area contributed by atoms with Crippen LogP contribution in [-0.4, -0.2) is 13.1 Å². The first-order valence-corrected chi connectivity index (χ1v) is 8.24. The molecule has 0 atom stereocenters. The maximum Gasteiger partial charge on any atom is 0.338 e. The largest absolute Gasteiger partial charge is 0.489 e. The average Bonchev–Trinajstić information content (AvgIpc) is 2.63. The van der Waals surface area contributed by atoms with Gasteiger partial charge in [0.15, 0.2) is 0 Å². The molecule has 0 aromatic heterocycles. The highest BCUT2D eigenvalue weighted by atomic mass is 16.5. The Morgan fingerprint density at radius 2 is 1.72 bits per heavy atom. The Bertz CT molecular complexity index is 761. The molecule has 3 heteroatoms. The van der Waals surface area contributed by atoms with Crippen LogP contribution in [0.2, 0.25) is 0 Å². The van der Waals surface area contributed by atoms with Crippen molar-refractivity contribution in [3.63, 3.8) is 0 Å². The van der Waals surface area contributed by atoms with Crippen molar-refractivity contribution in [2.75, 3.05) is 7.11 Å². The van der Waals surface area contributed by atoms with Crippen molar-refractivity contribution >= 4 is 5.97 Å². The fourth-order valence-electron chi connectivity index (χ4n) is 2.88. The fraction of sp³-hybridized carbons (Fsp3) is 0.227. The molecule has 130 valence electrons. The molecule has 0 spiro atoms. The Kier molecular flexibility index (Phi) is 6.58. The Labute approximate surface area is 149 Å². The Balaban J connectivity index is 2.49. The van der Waals surface area contributed by atoms with Gasteiger partial charge in [-0.1, -0.05) is 42.5 Å². The van der Waals surface area contributed by atoms with Crippen molar-refractivity contribution < 1.29 is 14.3 Å². The van der Waals surface area contributed by atoms with Gasteiger partial charge in [0.25, 0.3) is 0 Å². The number of hydrogen-bond acceptors (Lipinski definition) is 3. The van der Waals surface area contributed by atoms with E-state index in [2.05, 4.69) is 13.2 Å². The van der Waals surface area contributed by atoms with Crippen LogP contribution in [0.5, 0.6) is 5.75 Å². The van der Waals surface area contributed by atoms with Crippen LogP contribution < -0.4 is 4.74 Å². The van der Waals surface area contributed by atoms with Crippen molar-refractivity contribution in [1.29, 1.82) is 0 Å². The Hall–Kier alpha value is -2.81. The van der Waals surface area contributed by atoms with Crippen LogP contribution in [0.25, 0.3) is 0 Å². The Morgan fingerprint density at radius 1 is 1.08 bits per heavy atom. The molecular weight excluding hydrogens is 312 g/mol. The standard InChI is InChI=1S/C22H24O3/c1-5-10-18-19(11-6-2)21(22(23)24-4)16(3)14-20(18)25-15-17-12-8-7-9-13-17/h5-9,12-14H,1-2,10-11,15H2,3-4H3. The summed E-state index contributed by atoms with van der Waals surface area (Å²) in [5.74, 6) is 0.431. The number of aryl methyl sites for hydroxylation is 1. The van der Waals surface area contributed by atoms with Crippen LogP contribution in [0.3, 0.4) is 0 Å². The van der Waals surface area contributed by atoms with E-state index in [4.69, 9.17) is 9.47 Å². The number of hydrogen-bond donors (Lipinski definition) is 0. The summed E-state index contributed by atoms with van der Waals surface area (Å²) >= 11 is 0. The number of carbonyl (C=O) groups is 1. The van der Waals surface area contributed by atoms with Gasteiger partial charge in [-0.25, -0.2) is 4.79 Å². The summed E-state index contributed by atoms with van der Waals surface area (Å²) in [6.07, 6.45) is 4.77. The van der Waals surface area contributed by atoms with Gasteiger partial charge >= 0.3 is 5.97 Å². The van der Waals surface area contributed by atoms with Crippen molar-refractivity contribution in [2.45, 2.75) is 26.4 Å².